The van der Waals surface area contributed by atoms with Crippen LogP contribution in [0.2, 0.25) is 0 Å². The molecule has 0 aromatic heterocycles. The van der Waals surface area contributed by atoms with Crippen LogP contribution in [0.5, 0.6) is 0 Å². The lowest BCUT2D eigenvalue weighted by atomic mass is 10.1. The van der Waals surface area contributed by atoms with Gasteiger partial charge in [-0.2, -0.15) is 0 Å². The van der Waals surface area contributed by atoms with Crippen molar-refractivity contribution in [1.29, 1.82) is 0 Å². The number of amides is 9. The summed E-state index contributed by atoms with van der Waals surface area (Å²) in [7, 11) is 0. The molecule has 1 fully saturated rings. The number of carbonyl (C=O) groups excluding carboxylic acids is 10. The Morgan fingerprint density at radius 2 is 1.04 bits per heavy atom. The molecule has 286 valence electrons. The van der Waals surface area contributed by atoms with Crippen molar-refractivity contribution < 1.29 is 47.9 Å². The van der Waals surface area contributed by atoms with Crippen molar-refractivity contribution in [1.82, 2.24) is 47.4 Å². The predicted octanol–water partition coefficient (Wildman–Crippen LogP) is -4.83. The second-order valence-corrected chi connectivity index (χ2v) is 12.6. The van der Waals surface area contributed by atoms with Crippen LogP contribution in [0.3, 0.4) is 0 Å². The monoisotopic (exact) mass is 724 g/mol. The van der Waals surface area contributed by atoms with Gasteiger partial charge in [0.2, 0.25) is 53.2 Å². The van der Waals surface area contributed by atoms with E-state index in [0.29, 0.717) is 19.1 Å². The fourth-order valence-electron chi connectivity index (χ4n) is 4.61. The molecule has 1 rings (SSSR count). The Kier molecular flexibility index (Phi) is 17.7. The largest absolute Gasteiger partial charge is 0.345 e. The molecule has 1 heterocycles. The topological polar surface area (TPSA) is 296 Å². The van der Waals surface area contributed by atoms with Crippen molar-refractivity contribution in [2.45, 2.75) is 123 Å². The molecule has 20 heteroatoms. The maximum Gasteiger partial charge on any atom is 0.245 e. The SMILES string of the molecule is C[C@H](N)C(=O)N[C@@H](C)C(=O)N[C@@H](C)C(=O)N1CCC[C@H]1C(=O)N[C@@H](C)C(=O)NCC(=O)N[C@@H](C)C(=O)N[C@@H](C)C(=O)N[C@@H](C)C(=O)N[C@@H](C)C=O. The standard InChI is InChI=1S/C31H52N10O10/c1-14(13-42)34-26(46)18(5)37-28(48)20(7)38-27(47)17(4)35-23(43)12-33-25(45)16(3)39-30(50)22-10-9-11-41(22)31(51)21(8)40-29(49)19(6)36-24(44)15(2)32/h13-22H,9-12,32H2,1-8H3,(H,33,45)(H,34,46)(H,35,43)(H,36,44)(H,37,48)(H,38,47)(H,39,50)(H,40,49)/t14-,15-,16-,17-,18-,19-,20-,21-,22-/m0/s1. The van der Waals surface area contributed by atoms with E-state index in [1.54, 1.807) is 0 Å². The number of aldehydes is 1. The van der Waals surface area contributed by atoms with E-state index in [2.05, 4.69) is 42.5 Å². The van der Waals surface area contributed by atoms with Crippen molar-refractivity contribution in [2.75, 3.05) is 13.1 Å². The minimum Gasteiger partial charge on any atom is -0.345 e. The van der Waals surface area contributed by atoms with Crippen LogP contribution in [0.15, 0.2) is 0 Å². The Hall–Kier alpha value is -5.14. The molecule has 0 saturated carbocycles. The number of hydrogen-bond acceptors (Lipinski definition) is 11. The van der Waals surface area contributed by atoms with Gasteiger partial charge in [-0.25, -0.2) is 0 Å². The van der Waals surface area contributed by atoms with E-state index in [-0.39, 0.29) is 6.54 Å². The summed E-state index contributed by atoms with van der Waals surface area (Å²) in [5, 5.41) is 19.4. The average Bonchev–Trinajstić information content (AvgIpc) is 3.56. The van der Waals surface area contributed by atoms with Gasteiger partial charge in [0.15, 0.2) is 0 Å². The minimum absolute atomic E-state index is 0.238. The van der Waals surface area contributed by atoms with Crippen molar-refractivity contribution in [3.8, 4) is 0 Å². The highest BCUT2D eigenvalue weighted by Gasteiger charge is 2.37. The van der Waals surface area contributed by atoms with Crippen LogP contribution < -0.4 is 48.3 Å². The van der Waals surface area contributed by atoms with Crippen LogP contribution in [0.4, 0.5) is 0 Å². The van der Waals surface area contributed by atoms with Gasteiger partial charge in [-0.1, -0.05) is 0 Å². The minimum atomic E-state index is -1.12. The molecule has 9 amide bonds. The van der Waals surface area contributed by atoms with Gasteiger partial charge >= 0.3 is 0 Å². The lowest BCUT2D eigenvalue weighted by molar-refractivity contribution is -0.142. The maximum absolute atomic E-state index is 13.1. The van der Waals surface area contributed by atoms with E-state index in [0.717, 1.165) is 0 Å². The van der Waals surface area contributed by atoms with Gasteiger partial charge in [-0.15, -0.1) is 0 Å². The smallest absolute Gasteiger partial charge is 0.245 e. The molecule has 0 aliphatic carbocycles. The molecule has 0 radical (unpaired) electrons. The highest BCUT2D eigenvalue weighted by atomic mass is 16.2. The summed E-state index contributed by atoms with van der Waals surface area (Å²) >= 11 is 0. The van der Waals surface area contributed by atoms with Gasteiger partial charge < -0.3 is 58.0 Å². The number of carbonyl (C=O) groups is 10. The van der Waals surface area contributed by atoms with Crippen molar-refractivity contribution in [2.24, 2.45) is 5.73 Å². The van der Waals surface area contributed by atoms with Crippen LogP contribution in [-0.2, 0) is 47.9 Å². The predicted molar refractivity (Wildman–Crippen MR) is 181 cm³/mol. The summed E-state index contributed by atoms with van der Waals surface area (Å²) in [6, 6.07) is -8.79. The summed E-state index contributed by atoms with van der Waals surface area (Å²) in [6.45, 7) is 11.0. The molecule has 0 aromatic carbocycles. The highest BCUT2D eigenvalue weighted by molar-refractivity contribution is 5.97. The fraction of sp³-hybridized carbons (Fsp3) is 0.677. The fourth-order valence-corrected chi connectivity index (χ4v) is 4.61. The lowest BCUT2D eigenvalue weighted by Gasteiger charge is -2.28. The van der Waals surface area contributed by atoms with E-state index in [1.807, 2.05) is 0 Å². The van der Waals surface area contributed by atoms with Gasteiger partial charge in [-0.05, 0) is 68.2 Å². The molecule has 51 heavy (non-hydrogen) atoms. The number of nitrogens with two attached hydrogens (primary N) is 1. The molecule has 1 aliphatic rings. The quantitative estimate of drug-likeness (QED) is 0.0604. The van der Waals surface area contributed by atoms with Crippen LogP contribution in [-0.4, -0.2) is 132 Å². The molecule has 20 nitrogen and oxygen atoms in total. The molecule has 0 aromatic rings. The average molecular weight is 725 g/mol. The number of nitrogens with one attached hydrogen (secondary N) is 8. The van der Waals surface area contributed by atoms with Crippen molar-refractivity contribution in [3.05, 3.63) is 0 Å². The number of rotatable bonds is 18. The molecule has 0 unspecified atom stereocenters. The van der Waals surface area contributed by atoms with Gasteiger partial charge in [-0.3, -0.25) is 43.2 Å². The zero-order valence-corrected chi connectivity index (χ0v) is 30.2. The van der Waals surface area contributed by atoms with Crippen molar-refractivity contribution in [3.63, 3.8) is 0 Å². The van der Waals surface area contributed by atoms with Crippen LogP contribution >= 0.6 is 0 Å². The molecule has 1 aliphatic heterocycles. The number of nitrogens with zero attached hydrogens (tertiary/aromatic N) is 1. The normalized spacial score (nSPS) is 18.5. The summed E-state index contributed by atoms with van der Waals surface area (Å²) in [4.78, 5) is 124. The van der Waals surface area contributed by atoms with Gasteiger partial charge in [0.05, 0.1) is 18.6 Å². The highest BCUT2D eigenvalue weighted by Crippen LogP contribution is 2.19. The second kappa shape index (κ2) is 20.5. The Morgan fingerprint density at radius 3 is 1.53 bits per heavy atom. The molecule has 0 bridgehead atoms. The Morgan fingerprint density at radius 1 is 0.608 bits per heavy atom. The van der Waals surface area contributed by atoms with Crippen molar-refractivity contribution >= 4 is 59.5 Å². The summed E-state index contributed by atoms with van der Waals surface area (Å²) in [5.74, 6) is -5.78. The third-order valence-electron chi connectivity index (χ3n) is 7.76. The third kappa shape index (κ3) is 14.3. The molecule has 10 N–H and O–H groups in total. The molecular formula is C31H52N10O10. The third-order valence-corrected chi connectivity index (χ3v) is 7.76. The van der Waals surface area contributed by atoms with Crippen LogP contribution in [0, 0.1) is 0 Å². The first-order valence-electron chi connectivity index (χ1n) is 16.6. The molecule has 9 atom stereocenters. The van der Waals surface area contributed by atoms with E-state index >= 15 is 0 Å². The first kappa shape index (κ1) is 43.9. The van der Waals surface area contributed by atoms with Gasteiger partial charge in [0.1, 0.15) is 48.6 Å². The van der Waals surface area contributed by atoms with E-state index in [4.69, 9.17) is 5.73 Å². The Bertz CT molecular complexity index is 1340. The zero-order chi connectivity index (χ0) is 39.2. The summed E-state index contributed by atoms with van der Waals surface area (Å²) in [6.07, 6.45) is 1.33. The molecule has 1 saturated heterocycles. The van der Waals surface area contributed by atoms with E-state index < -0.39 is 114 Å². The van der Waals surface area contributed by atoms with Gasteiger partial charge in [0, 0.05) is 6.54 Å². The Balaban J connectivity index is 2.57. The lowest BCUT2D eigenvalue weighted by Crippen LogP contribution is -2.57. The Labute approximate surface area is 296 Å². The van der Waals surface area contributed by atoms with Gasteiger partial charge in [0.25, 0.3) is 0 Å². The van der Waals surface area contributed by atoms with E-state index in [1.165, 1.54) is 60.3 Å². The molecular weight excluding hydrogens is 672 g/mol. The second-order valence-electron chi connectivity index (χ2n) is 12.6. The van der Waals surface area contributed by atoms with Crippen LogP contribution in [0.1, 0.15) is 68.2 Å². The summed E-state index contributed by atoms with van der Waals surface area (Å²) in [5.41, 5.74) is 5.50. The first-order chi connectivity index (χ1) is 23.7. The summed E-state index contributed by atoms with van der Waals surface area (Å²) < 4.78 is 0. The molecule has 0 spiro atoms. The van der Waals surface area contributed by atoms with Crippen LogP contribution in [0.25, 0.3) is 0 Å². The number of likely N-dealkylation sites (tertiary alicyclic amines) is 1. The van der Waals surface area contributed by atoms with E-state index in [9.17, 15) is 47.9 Å². The zero-order valence-electron chi connectivity index (χ0n) is 30.2. The first-order valence-corrected chi connectivity index (χ1v) is 16.6. The maximum atomic E-state index is 13.1. The number of hydrogen-bond donors (Lipinski definition) is 9.